The lowest BCUT2D eigenvalue weighted by Crippen LogP contribution is -1.89. The van der Waals surface area contributed by atoms with Crippen LogP contribution in [0.5, 0.6) is 0 Å². The van der Waals surface area contributed by atoms with Crippen molar-refractivity contribution in [3.05, 3.63) is 12.2 Å². The third-order valence-corrected chi connectivity index (χ3v) is 2.41. The normalized spacial score (nSPS) is 13.9. The van der Waals surface area contributed by atoms with Gasteiger partial charge in [-0.3, -0.25) is 0 Å². The van der Waals surface area contributed by atoms with Crippen molar-refractivity contribution in [1.29, 1.82) is 0 Å². The highest BCUT2D eigenvalue weighted by atomic mass is 14.0. The fraction of sp³-hybridized carbons (Fsp3) is 0.833. The molecule has 12 heavy (non-hydrogen) atoms. The molecule has 0 radical (unpaired) electrons. The molecule has 0 N–H and O–H groups in total. The van der Waals surface area contributed by atoms with Crippen LogP contribution in [0.25, 0.3) is 0 Å². The van der Waals surface area contributed by atoms with Crippen LogP contribution in [0.3, 0.4) is 0 Å². The van der Waals surface area contributed by atoms with Crippen molar-refractivity contribution in [1.82, 2.24) is 0 Å². The van der Waals surface area contributed by atoms with Crippen LogP contribution in [0.1, 0.15) is 59.3 Å². The summed E-state index contributed by atoms with van der Waals surface area (Å²) in [6, 6.07) is 0. The van der Waals surface area contributed by atoms with E-state index >= 15 is 0 Å². The zero-order valence-corrected chi connectivity index (χ0v) is 8.97. The summed E-state index contributed by atoms with van der Waals surface area (Å²) in [5, 5.41) is 0. The van der Waals surface area contributed by atoms with Gasteiger partial charge in [0.05, 0.1) is 0 Å². The van der Waals surface area contributed by atoms with Gasteiger partial charge >= 0.3 is 0 Å². The molecule has 0 aliphatic rings. The monoisotopic (exact) mass is 168 g/mol. The van der Waals surface area contributed by atoms with E-state index in [0.29, 0.717) is 0 Å². The molecule has 0 nitrogen and oxygen atoms in total. The lowest BCUT2D eigenvalue weighted by Gasteiger charge is -2.03. The Balaban J connectivity index is 3.12. The Morgan fingerprint density at radius 2 is 1.75 bits per heavy atom. The summed E-state index contributed by atoms with van der Waals surface area (Å²) in [6.45, 7) is 6.85. The molecule has 0 rings (SSSR count). The Morgan fingerprint density at radius 1 is 1.08 bits per heavy atom. The molecule has 0 saturated heterocycles. The van der Waals surface area contributed by atoms with Gasteiger partial charge in [0.15, 0.2) is 0 Å². The van der Waals surface area contributed by atoms with Gasteiger partial charge in [-0.25, -0.2) is 0 Å². The van der Waals surface area contributed by atoms with Crippen LogP contribution in [0.2, 0.25) is 0 Å². The van der Waals surface area contributed by atoms with Crippen LogP contribution < -0.4 is 0 Å². The van der Waals surface area contributed by atoms with Gasteiger partial charge in [-0.15, -0.1) is 0 Å². The quantitative estimate of drug-likeness (QED) is 0.386. The van der Waals surface area contributed by atoms with Crippen LogP contribution in [0, 0.1) is 5.92 Å². The molecule has 0 spiro atoms. The second-order valence-electron chi connectivity index (χ2n) is 3.70. The standard InChI is InChI=1S/C12H24/c1-4-6-7-8-9-10-11-12(3)5-2/h8-9,12H,4-7,10-11H2,1-3H3. The lowest BCUT2D eigenvalue weighted by atomic mass is 10.0. The van der Waals surface area contributed by atoms with Crippen LogP contribution in [0.4, 0.5) is 0 Å². The van der Waals surface area contributed by atoms with Crippen molar-refractivity contribution < 1.29 is 0 Å². The molecule has 1 unspecified atom stereocenters. The number of unbranched alkanes of at least 4 members (excludes halogenated alkanes) is 2. The minimum Gasteiger partial charge on any atom is -0.0885 e. The molecule has 0 heterocycles. The average Bonchev–Trinajstić information content (AvgIpc) is 2.10. The predicted molar refractivity (Wildman–Crippen MR) is 57.4 cm³/mol. The lowest BCUT2D eigenvalue weighted by molar-refractivity contribution is 0.521. The van der Waals surface area contributed by atoms with Crippen LogP contribution in [-0.4, -0.2) is 0 Å². The van der Waals surface area contributed by atoms with Gasteiger partial charge in [0.2, 0.25) is 0 Å². The van der Waals surface area contributed by atoms with E-state index in [1.54, 1.807) is 0 Å². The van der Waals surface area contributed by atoms with Gasteiger partial charge < -0.3 is 0 Å². The molecule has 0 amide bonds. The fourth-order valence-corrected chi connectivity index (χ4v) is 1.14. The Hall–Kier alpha value is -0.260. The van der Waals surface area contributed by atoms with E-state index < -0.39 is 0 Å². The molecule has 0 aliphatic carbocycles. The molecule has 0 aromatic rings. The highest BCUT2D eigenvalue weighted by Crippen LogP contribution is 2.09. The van der Waals surface area contributed by atoms with E-state index in [-0.39, 0.29) is 0 Å². The van der Waals surface area contributed by atoms with Crippen molar-refractivity contribution >= 4 is 0 Å². The first-order chi connectivity index (χ1) is 5.81. The second-order valence-corrected chi connectivity index (χ2v) is 3.70. The smallest absolute Gasteiger partial charge is 0.0348 e. The third-order valence-electron chi connectivity index (χ3n) is 2.41. The second kappa shape index (κ2) is 8.83. The van der Waals surface area contributed by atoms with E-state index in [2.05, 4.69) is 32.9 Å². The Morgan fingerprint density at radius 3 is 2.33 bits per heavy atom. The molecule has 72 valence electrons. The van der Waals surface area contributed by atoms with Gasteiger partial charge in [0.1, 0.15) is 0 Å². The van der Waals surface area contributed by atoms with Crippen LogP contribution in [0.15, 0.2) is 12.2 Å². The molecule has 0 aromatic carbocycles. The molecule has 0 bridgehead atoms. The first-order valence-corrected chi connectivity index (χ1v) is 5.46. The number of rotatable bonds is 7. The third kappa shape index (κ3) is 7.84. The maximum Gasteiger partial charge on any atom is -0.0348 e. The zero-order chi connectivity index (χ0) is 9.23. The molecule has 0 aromatic heterocycles. The molecular weight excluding hydrogens is 144 g/mol. The highest BCUT2D eigenvalue weighted by molar-refractivity contribution is 4.81. The van der Waals surface area contributed by atoms with Gasteiger partial charge in [-0.1, -0.05) is 52.2 Å². The van der Waals surface area contributed by atoms with Gasteiger partial charge in [-0.05, 0) is 25.2 Å². The summed E-state index contributed by atoms with van der Waals surface area (Å²) in [7, 11) is 0. The van der Waals surface area contributed by atoms with E-state index in [9.17, 15) is 0 Å². The Bertz CT molecular complexity index is 103. The van der Waals surface area contributed by atoms with Crippen LogP contribution in [-0.2, 0) is 0 Å². The fourth-order valence-electron chi connectivity index (χ4n) is 1.14. The molecule has 0 fully saturated rings. The Labute approximate surface area is 78.1 Å². The summed E-state index contributed by atoms with van der Waals surface area (Å²) in [5.41, 5.74) is 0. The summed E-state index contributed by atoms with van der Waals surface area (Å²) in [6.07, 6.45) is 12.6. The first kappa shape index (κ1) is 11.7. The summed E-state index contributed by atoms with van der Waals surface area (Å²) in [5.74, 6) is 0.904. The Kier molecular flexibility index (Phi) is 8.64. The van der Waals surface area contributed by atoms with Gasteiger partial charge in [0, 0.05) is 0 Å². The van der Waals surface area contributed by atoms with Crippen molar-refractivity contribution in [3.8, 4) is 0 Å². The number of hydrogen-bond acceptors (Lipinski definition) is 0. The van der Waals surface area contributed by atoms with Gasteiger partial charge in [0.25, 0.3) is 0 Å². The van der Waals surface area contributed by atoms with E-state index in [0.717, 1.165) is 5.92 Å². The first-order valence-electron chi connectivity index (χ1n) is 5.46. The SMILES string of the molecule is CCCCC=CCCC(C)CC. The summed E-state index contributed by atoms with van der Waals surface area (Å²) in [4.78, 5) is 0. The number of allylic oxidation sites excluding steroid dienone is 2. The topological polar surface area (TPSA) is 0 Å². The molecule has 0 heteroatoms. The molecule has 0 saturated carbocycles. The van der Waals surface area contributed by atoms with Gasteiger partial charge in [-0.2, -0.15) is 0 Å². The van der Waals surface area contributed by atoms with Crippen molar-refractivity contribution in [3.63, 3.8) is 0 Å². The van der Waals surface area contributed by atoms with Crippen LogP contribution >= 0.6 is 0 Å². The maximum atomic E-state index is 2.35. The maximum absolute atomic E-state index is 2.35. The minimum absolute atomic E-state index is 0.904. The summed E-state index contributed by atoms with van der Waals surface area (Å²) >= 11 is 0. The zero-order valence-electron chi connectivity index (χ0n) is 8.97. The number of hydrogen-bond donors (Lipinski definition) is 0. The van der Waals surface area contributed by atoms with Crippen molar-refractivity contribution in [2.75, 3.05) is 0 Å². The molecular formula is C12H24. The van der Waals surface area contributed by atoms with E-state index in [1.807, 2.05) is 0 Å². The predicted octanol–water partition coefficient (Wildman–Crippen LogP) is 4.56. The van der Waals surface area contributed by atoms with Crippen molar-refractivity contribution in [2.45, 2.75) is 59.3 Å². The average molecular weight is 168 g/mol. The highest BCUT2D eigenvalue weighted by Gasteiger charge is 1.94. The van der Waals surface area contributed by atoms with Crippen molar-refractivity contribution in [2.24, 2.45) is 5.92 Å². The minimum atomic E-state index is 0.904. The molecule has 1 atom stereocenters. The van der Waals surface area contributed by atoms with E-state index in [1.165, 1.54) is 38.5 Å². The largest absolute Gasteiger partial charge is 0.0885 e. The summed E-state index contributed by atoms with van der Waals surface area (Å²) < 4.78 is 0. The molecule has 0 aliphatic heterocycles. The van der Waals surface area contributed by atoms with E-state index in [4.69, 9.17) is 0 Å².